The van der Waals surface area contributed by atoms with Gasteiger partial charge in [-0.25, -0.2) is 4.79 Å². The summed E-state index contributed by atoms with van der Waals surface area (Å²) in [4.78, 5) is 22.4. The van der Waals surface area contributed by atoms with E-state index in [1.807, 2.05) is 30.3 Å². The van der Waals surface area contributed by atoms with Crippen molar-refractivity contribution in [1.82, 2.24) is 0 Å². The van der Waals surface area contributed by atoms with Gasteiger partial charge in [-0.3, -0.25) is 4.79 Å². The molecule has 0 bridgehead atoms. The number of para-hydroxylation sites is 1. The standard InChI is InChI=1S/C16H12O4/c1-10(17)16(18)20-15-8-4-7-14-12(15)9-11-5-2-3-6-13(11)19-14/h2-8H,9H2,1H3. The van der Waals surface area contributed by atoms with Crippen LogP contribution in [-0.4, -0.2) is 11.8 Å². The quantitative estimate of drug-likeness (QED) is 0.407. The van der Waals surface area contributed by atoms with E-state index < -0.39 is 11.8 Å². The number of esters is 1. The van der Waals surface area contributed by atoms with E-state index >= 15 is 0 Å². The second-order valence-electron chi connectivity index (χ2n) is 4.57. The first-order chi connectivity index (χ1) is 9.65. The maximum absolute atomic E-state index is 11.4. The molecular formula is C16H12O4. The van der Waals surface area contributed by atoms with E-state index in [-0.39, 0.29) is 0 Å². The number of ketones is 1. The van der Waals surface area contributed by atoms with Crippen LogP contribution in [0.5, 0.6) is 17.2 Å². The minimum Gasteiger partial charge on any atom is -0.457 e. The molecule has 0 atom stereocenters. The van der Waals surface area contributed by atoms with Crippen LogP contribution in [0.15, 0.2) is 42.5 Å². The zero-order chi connectivity index (χ0) is 14.1. The molecule has 4 nitrogen and oxygen atoms in total. The molecule has 0 spiro atoms. The van der Waals surface area contributed by atoms with Crippen molar-refractivity contribution in [2.45, 2.75) is 13.3 Å². The third-order valence-corrected chi connectivity index (χ3v) is 3.14. The van der Waals surface area contributed by atoms with Gasteiger partial charge in [0, 0.05) is 18.9 Å². The van der Waals surface area contributed by atoms with E-state index in [4.69, 9.17) is 9.47 Å². The molecule has 0 aromatic heterocycles. The minimum atomic E-state index is -0.864. The van der Waals surface area contributed by atoms with Crippen LogP contribution < -0.4 is 9.47 Å². The molecule has 1 aliphatic rings. The number of carbonyl (C=O) groups excluding carboxylic acids is 2. The van der Waals surface area contributed by atoms with Crippen LogP contribution in [0.1, 0.15) is 18.1 Å². The fraction of sp³-hybridized carbons (Fsp3) is 0.125. The van der Waals surface area contributed by atoms with Crippen LogP contribution in [0.4, 0.5) is 0 Å². The van der Waals surface area contributed by atoms with Crippen LogP contribution in [-0.2, 0) is 16.0 Å². The molecule has 0 fully saturated rings. The highest BCUT2D eigenvalue weighted by molar-refractivity contribution is 6.33. The summed E-state index contributed by atoms with van der Waals surface area (Å²) >= 11 is 0. The molecule has 100 valence electrons. The third-order valence-electron chi connectivity index (χ3n) is 3.14. The topological polar surface area (TPSA) is 52.6 Å². The number of ether oxygens (including phenoxy) is 2. The molecule has 20 heavy (non-hydrogen) atoms. The number of fused-ring (bicyclic) bond motifs is 2. The molecule has 0 aliphatic carbocycles. The van der Waals surface area contributed by atoms with Crippen molar-refractivity contribution in [3.63, 3.8) is 0 Å². The molecule has 0 N–H and O–H groups in total. The predicted molar refractivity (Wildman–Crippen MR) is 72.1 cm³/mol. The Morgan fingerprint density at radius 3 is 2.60 bits per heavy atom. The highest BCUT2D eigenvalue weighted by atomic mass is 16.5. The first-order valence-electron chi connectivity index (χ1n) is 6.25. The van der Waals surface area contributed by atoms with Crippen molar-refractivity contribution in [3.05, 3.63) is 53.6 Å². The molecule has 2 aromatic carbocycles. The maximum atomic E-state index is 11.4. The monoisotopic (exact) mass is 268 g/mol. The van der Waals surface area contributed by atoms with Crippen molar-refractivity contribution in [3.8, 4) is 17.2 Å². The van der Waals surface area contributed by atoms with E-state index in [0.717, 1.165) is 16.9 Å². The Morgan fingerprint density at radius 2 is 1.80 bits per heavy atom. The van der Waals surface area contributed by atoms with E-state index in [0.29, 0.717) is 17.9 Å². The normalized spacial score (nSPS) is 11.8. The molecule has 0 unspecified atom stereocenters. The summed E-state index contributed by atoms with van der Waals surface area (Å²) in [5.41, 5.74) is 1.80. The molecular weight excluding hydrogens is 256 g/mol. The van der Waals surface area contributed by atoms with Crippen molar-refractivity contribution >= 4 is 11.8 Å². The Hall–Kier alpha value is -2.62. The van der Waals surface area contributed by atoms with E-state index in [1.165, 1.54) is 6.92 Å². The largest absolute Gasteiger partial charge is 0.457 e. The molecule has 1 heterocycles. The van der Waals surface area contributed by atoms with E-state index in [2.05, 4.69) is 0 Å². The predicted octanol–water partition coefficient (Wildman–Crippen LogP) is 2.88. The van der Waals surface area contributed by atoms with Gasteiger partial charge in [0.05, 0.1) is 0 Å². The maximum Gasteiger partial charge on any atom is 0.379 e. The van der Waals surface area contributed by atoms with Crippen molar-refractivity contribution in [2.24, 2.45) is 0 Å². The lowest BCUT2D eigenvalue weighted by molar-refractivity contribution is -0.146. The lowest BCUT2D eigenvalue weighted by Gasteiger charge is -2.21. The summed E-state index contributed by atoms with van der Waals surface area (Å²) in [5, 5.41) is 0. The fourth-order valence-corrected chi connectivity index (χ4v) is 2.14. The lowest BCUT2D eigenvalue weighted by Crippen LogP contribution is -2.18. The molecule has 4 heteroatoms. The third kappa shape index (κ3) is 2.16. The zero-order valence-corrected chi connectivity index (χ0v) is 10.9. The van der Waals surface area contributed by atoms with Gasteiger partial charge < -0.3 is 9.47 Å². The van der Waals surface area contributed by atoms with Crippen LogP contribution in [0.2, 0.25) is 0 Å². The SMILES string of the molecule is CC(=O)C(=O)Oc1cccc2c1Cc1ccccc1O2. The van der Waals surface area contributed by atoms with Crippen LogP contribution in [0.3, 0.4) is 0 Å². The first-order valence-corrected chi connectivity index (χ1v) is 6.25. The smallest absolute Gasteiger partial charge is 0.379 e. The number of Topliss-reactive ketones (excluding diaryl/α,β-unsaturated/α-hetero) is 1. The Bertz CT molecular complexity index is 703. The Morgan fingerprint density at radius 1 is 1.05 bits per heavy atom. The second-order valence-corrected chi connectivity index (χ2v) is 4.57. The molecule has 2 aromatic rings. The summed E-state index contributed by atoms with van der Waals surface area (Å²) in [7, 11) is 0. The molecule has 0 saturated heterocycles. The lowest BCUT2D eigenvalue weighted by atomic mass is 9.99. The zero-order valence-electron chi connectivity index (χ0n) is 10.9. The Kier molecular flexibility index (Phi) is 2.99. The van der Waals surface area contributed by atoms with Crippen molar-refractivity contribution < 1.29 is 19.1 Å². The number of hydrogen-bond donors (Lipinski definition) is 0. The average Bonchev–Trinajstić information content (AvgIpc) is 2.45. The summed E-state index contributed by atoms with van der Waals surface area (Å²) in [6, 6.07) is 12.9. The summed E-state index contributed by atoms with van der Waals surface area (Å²) < 4.78 is 10.9. The van der Waals surface area contributed by atoms with Gasteiger partial charge >= 0.3 is 5.97 Å². The molecule has 3 rings (SSSR count). The van der Waals surface area contributed by atoms with Crippen molar-refractivity contribution in [1.29, 1.82) is 0 Å². The van der Waals surface area contributed by atoms with Gasteiger partial charge in [0.2, 0.25) is 5.78 Å². The molecule has 0 radical (unpaired) electrons. The van der Waals surface area contributed by atoms with Crippen molar-refractivity contribution in [2.75, 3.05) is 0 Å². The summed E-state index contributed by atoms with van der Waals surface area (Å²) in [5.74, 6) is 0.335. The second kappa shape index (κ2) is 4.81. The van der Waals surface area contributed by atoms with Crippen LogP contribution in [0.25, 0.3) is 0 Å². The minimum absolute atomic E-state index is 0.372. The highest BCUT2D eigenvalue weighted by Crippen LogP contribution is 2.40. The van der Waals surface area contributed by atoms with Gasteiger partial charge in [-0.15, -0.1) is 0 Å². The number of rotatable bonds is 2. The Balaban J connectivity index is 1.98. The number of hydrogen-bond acceptors (Lipinski definition) is 4. The summed E-state index contributed by atoms with van der Waals surface area (Å²) in [6.45, 7) is 1.18. The van der Waals surface area contributed by atoms with Gasteiger partial charge in [0.25, 0.3) is 0 Å². The summed E-state index contributed by atoms with van der Waals surface area (Å²) in [6.07, 6.45) is 0.604. The van der Waals surface area contributed by atoms with Gasteiger partial charge in [-0.05, 0) is 23.8 Å². The fourth-order valence-electron chi connectivity index (χ4n) is 2.14. The van der Waals surface area contributed by atoms with E-state index in [9.17, 15) is 9.59 Å². The first kappa shape index (κ1) is 12.4. The van der Waals surface area contributed by atoms with Crippen LogP contribution in [0, 0.1) is 0 Å². The van der Waals surface area contributed by atoms with Gasteiger partial charge in [-0.1, -0.05) is 24.3 Å². The molecule has 0 saturated carbocycles. The highest BCUT2D eigenvalue weighted by Gasteiger charge is 2.22. The molecule has 1 aliphatic heterocycles. The van der Waals surface area contributed by atoms with Gasteiger partial charge in [0.1, 0.15) is 17.2 Å². The Labute approximate surface area is 115 Å². The number of carbonyl (C=O) groups is 2. The average molecular weight is 268 g/mol. The van der Waals surface area contributed by atoms with E-state index in [1.54, 1.807) is 12.1 Å². The number of benzene rings is 2. The van der Waals surface area contributed by atoms with Gasteiger partial charge in [0.15, 0.2) is 0 Å². The molecule has 0 amide bonds. The van der Waals surface area contributed by atoms with Gasteiger partial charge in [-0.2, -0.15) is 0 Å². The van der Waals surface area contributed by atoms with Crippen LogP contribution >= 0.6 is 0 Å².